The Kier molecular flexibility index (Phi) is 4.15. The highest BCUT2D eigenvalue weighted by Gasteiger charge is 2.44. The van der Waals surface area contributed by atoms with Gasteiger partial charge in [-0.05, 0) is 43.2 Å². The number of rotatable bonds is 4. The second-order valence-electron chi connectivity index (χ2n) is 6.49. The predicted molar refractivity (Wildman–Crippen MR) is 82.0 cm³/mol. The van der Waals surface area contributed by atoms with Crippen molar-refractivity contribution in [3.8, 4) is 5.75 Å². The van der Waals surface area contributed by atoms with Crippen molar-refractivity contribution in [1.82, 2.24) is 4.90 Å². The molecule has 0 aromatic heterocycles. The van der Waals surface area contributed by atoms with Crippen LogP contribution in [0.2, 0.25) is 0 Å². The van der Waals surface area contributed by atoms with Gasteiger partial charge in [0.2, 0.25) is 5.91 Å². The second kappa shape index (κ2) is 6.06. The number of amides is 1. The van der Waals surface area contributed by atoms with Crippen LogP contribution in [0.3, 0.4) is 0 Å². The van der Waals surface area contributed by atoms with E-state index in [1.54, 1.807) is 0 Å². The molecule has 1 saturated carbocycles. The van der Waals surface area contributed by atoms with E-state index in [1.165, 1.54) is 0 Å². The molecule has 0 unspecified atom stereocenters. The van der Waals surface area contributed by atoms with Gasteiger partial charge in [0.05, 0.1) is 6.54 Å². The van der Waals surface area contributed by atoms with Crippen molar-refractivity contribution in [1.29, 1.82) is 0 Å². The molecule has 1 amide bonds. The number of hydrogen-bond acceptors (Lipinski definition) is 3. The van der Waals surface area contributed by atoms with Gasteiger partial charge in [-0.25, -0.2) is 0 Å². The Bertz CT molecular complexity index is 481. The summed E-state index contributed by atoms with van der Waals surface area (Å²) in [7, 11) is 0. The number of carbonyl (C=O) groups excluding carboxylic acids is 1. The maximum absolute atomic E-state index is 12.2. The lowest BCUT2D eigenvalue weighted by molar-refractivity contribution is -0.128. The Balaban J connectivity index is 1.49. The van der Waals surface area contributed by atoms with Gasteiger partial charge in [0.15, 0.2) is 0 Å². The van der Waals surface area contributed by atoms with Crippen LogP contribution >= 0.6 is 0 Å². The number of benzene rings is 1. The van der Waals surface area contributed by atoms with Crippen LogP contribution in [0.5, 0.6) is 5.75 Å². The summed E-state index contributed by atoms with van der Waals surface area (Å²) in [6.45, 7) is 2.13. The molecule has 1 aromatic carbocycles. The van der Waals surface area contributed by atoms with Crippen LogP contribution in [0.25, 0.3) is 0 Å². The Morgan fingerprint density at radius 1 is 1.24 bits per heavy atom. The number of nitrogens with two attached hydrogens (primary N) is 1. The molecule has 0 atom stereocenters. The predicted octanol–water partition coefficient (Wildman–Crippen LogP) is 2.19. The average molecular weight is 288 g/mol. The number of likely N-dealkylation sites (tertiary alicyclic amines) is 1. The monoisotopic (exact) mass is 288 g/mol. The van der Waals surface area contributed by atoms with Crippen LogP contribution < -0.4 is 10.5 Å². The lowest BCUT2D eigenvalue weighted by Crippen LogP contribution is -2.37. The summed E-state index contributed by atoms with van der Waals surface area (Å²) in [6.07, 6.45) is 5.00. The Hall–Kier alpha value is -1.55. The van der Waals surface area contributed by atoms with Crippen molar-refractivity contribution in [3.05, 3.63) is 30.3 Å². The fourth-order valence-electron chi connectivity index (χ4n) is 3.56. The third-order valence-electron chi connectivity index (χ3n) is 4.87. The largest absolute Gasteiger partial charge is 0.492 e. The number of hydrogen-bond donors (Lipinski definition) is 1. The van der Waals surface area contributed by atoms with Crippen LogP contribution in [-0.4, -0.2) is 36.5 Å². The van der Waals surface area contributed by atoms with Crippen LogP contribution in [0.1, 0.15) is 32.1 Å². The Labute approximate surface area is 126 Å². The van der Waals surface area contributed by atoms with E-state index in [-0.39, 0.29) is 11.3 Å². The van der Waals surface area contributed by atoms with Gasteiger partial charge in [0.1, 0.15) is 12.4 Å². The molecule has 114 valence electrons. The van der Waals surface area contributed by atoms with E-state index in [4.69, 9.17) is 10.5 Å². The van der Waals surface area contributed by atoms with Gasteiger partial charge >= 0.3 is 0 Å². The van der Waals surface area contributed by atoms with E-state index in [0.29, 0.717) is 25.6 Å². The topological polar surface area (TPSA) is 55.6 Å². The van der Waals surface area contributed by atoms with Crippen molar-refractivity contribution in [3.63, 3.8) is 0 Å². The number of ether oxygens (including phenoxy) is 1. The molecule has 0 radical (unpaired) electrons. The molecular formula is C17H24N2O2. The third-order valence-corrected chi connectivity index (χ3v) is 4.87. The Morgan fingerprint density at radius 3 is 2.67 bits per heavy atom. The van der Waals surface area contributed by atoms with E-state index in [1.807, 2.05) is 35.2 Å². The standard InChI is InChI=1S/C17H24N2O2/c18-14-6-8-17(9-7-14)12-16(20)19(13-17)10-11-21-15-4-2-1-3-5-15/h1-5,14H,6-13,18H2. The average Bonchev–Trinajstić information content (AvgIpc) is 2.80. The van der Waals surface area contributed by atoms with E-state index < -0.39 is 0 Å². The maximum atomic E-state index is 12.2. The summed E-state index contributed by atoms with van der Waals surface area (Å²) in [5.74, 6) is 1.14. The molecular weight excluding hydrogens is 264 g/mol. The summed E-state index contributed by atoms with van der Waals surface area (Å²) < 4.78 is 5.70. The quantitative estimate of drug-likeness (QED) is 0.924. The summed E-state index contributed by atoms with van der Waals surface area (Å²) in [6, 6.07) is 10.1. The molecule has 3 rings (SSSR count). The SMILES string of the molecule is NC1CCC2(CC1)CC(=O)N(CCOc1ccccc1)C2. The van der Waals surface area contributed by atoms with Gasteiger partial charge in [-0.15, -0.1) is 0 Å². The molecule has 1 heterocycles. The summed E-state index contributed by atoms with van der Waals surface area (Å²) in [4.78, 5) is 14.2. The van der Waals surface area contributed by atoms with Gasteiger partial charge in [0.25, 0.3) is 0 Å². The fraction of sp³-hybridized carbons (Fsp3) is 0.588. The smallest absolute Gasteiger partial charge is 0.223 e. The zero-order chi connectivity index (χ0) is 14.7. The van der Waals surface area contributed by atoms with Crippen molar-refractivity contribution in [2.24, 2.45) is 11.1 Å². The first kappa shape index (κ1) is 14.4. The highest BCUT2D eigenvalue weighted by atomic mass is 16.5. The fourth-order valence-corrected chi connectivity index (χ4v) is 3.56. The van der Waals surface area contributed by atoms with Gasteiger partial charge in [-0.3, -0.25) is 4.79 Å². The van der Waals surface area contributed by atoms with E-state index in [9.17, 15) is 4.79 Å². The first-order valence-corrected chi connectivity index (χ1v) is 7.88. The lowest BCUT2D eigenvalue weighted by atomic mass is 9.72. The maximum Gasteiger partial charge on any atom is 0.223 e. The minimum atomic E-state index is 0.194. The third kappa shape index (κ3) is 3.38. The number of nitrogens with zero attached hydrogens (tertiary/aromatic N) is 1. The van der Waals surface area contributed by atoms with Gasteiger partial charge in [-0.2, -0.15) is 0 Å². The van der Waals surface area contributed by atoms with Crippen molar-refractivity contribution >= 4 is 5.91 Å². The molecule has 1 spiro atoms. The van der Waals surface area contributed by atoms with Crippen LogP contribution in [0.4, 0.5) is 0 Å². The van der Waals surface area contributed by atoms with Crippen LogP contribution in [0.15, 0.2) is 30.3 Å². The van der Waals surface area contributed by atoms with E-state index >= 15 is 0 Å². The van der Waals surface area contributed by atoms with Gasteiger partial charge in [-0.1, -0.05) is 18.2 Å². The first-order valence-electron chi connectivity index (χ1n) is 7.88. The normalized spacial score (nSPS) is 29.1. The van der Waals surface area contributed by atoms with Crippen LogP contribution in [0, 0.1) is 5.41 Å². The highest BCUT2D eigenvalue weighted by Crippen LogP contribution is 2.43. The molecule has 2 fully saturated rings. The van der Waals surface area contributed by atoms with Gasteiger partial charge in [0, 0.05) is 19.0 Å². The molecule has 1 aliphatic heterocycles. The minimum absolute atomic E-state index is 0.194. The zero-order valence-electron chi connectivity index (χ0n) is 12.5. The molecule has 1 saturated heterocycles. The molecule has 2 aliphatic rings. The molecule has 0 bridgehead atoms. The summed E-state index contributed by atoms with van der Waals surface area (Å²) in [5, 5.41) is 0. The van der Waals surface area contributed by atoms with Crippen molar-refractivity contribution in [2.45, 2.75) is 38.1 Å². The van der Waals surface area contributed by atoms with Crippen molar-refractivity contribution in [2.75, 3.05) is 19.7 Å². The highest BCUT2D eigenvalue weighted by molar-refractivity contribution is 5.79. The minimum Gasteiger partial charge on any atom is -0.492 e. The van der Waals surface area contributed by atoms with E-state index in [0.717, 1.165) is 38.0 Å². The Morgan fingerprint density at radius 2 is 1.95 bits per heavy atom. The number of carbonyl (C=O) groups is 1. The van der Waals surface area contributed by atoms with Crippen LogP contribution in [-0.2, 0) is 4.79 Å². The molecule has 2 N–H and O–H groups in total. The molecule has 1 aromatic rings. The summed E-state index contributed by atoms with van der Waals surface area (Å²) in [5.41, 5.74) is 6.18. The van der Waals surface area contributed by atoms with E-state index in [2.05, 4.69) is 0 Å². The number of para-hydroxylation sites is 1. The van der Waals surface area contributed by atoms with Crippen molar-refractivity contribution < 1.29 is 9.53 Å². The lowest BCUT2D eigenvalue weighted by Gasteiger charge is -2.35. The summed E-state index contributed by atoms with van der Waals surface area (Å²) >= 11 is 0. The molecule has 1 aliphatic carbocycles. The van der Waals surface area contributed by atoms with Gasteiger partial charge < -0.3 is 15.4 Å². The second-order valence-corrected chi connectivity index (χ2v) is 6.49. The molecule has 4 nitrogen and oxygen atoms in total. The molecule has 21 heavy (non-hydrogen) atoms. The first-order chi connectivity index (χ1) is 10.2. The zero-order valence-corrected chi connectivity index (χ0v) is 12.5. The molecule has 4 heteroatoms.